The van der Waals surface area contributed by atoms with Crippen molar-refractivity contribution in [1.82, 2.24) is 30.0 Å². The molecule has 1 atom stereocenters. The molecule has 4 rings (SSSR count). The third kappa shape index (κ3) is 2.44. The quantitative estimate of drug-likeness (QED) is 0.894. The summed E-state index contributed by atoms with van der Waals surface area (Å²) in [5, 5.41) is 8.04. The van der Waals surface area contributed by atoms with Gasteiger partial charge in [0.2, 0.25) is 0 Å². The maximum atomic E-state index is 4.49. The van der Waals surface area contributed by atoms with Gasteiger partial charge in [0.25, 0.3) is 0 Å². The van der Waals surface area contributed by atoms with Gasteiger partial charge in [-0.05, 0) is 13.0 Å². The molecule has 2 fully saturated rings. The molecule has 0 spiro atoms. The van der Waals surface area contributed by atoms with Crippen LogP contribution in [-0.4, -0.2) is 81.8 Å². The molecular formula is C15H23N7. The van der Waals surface area contributed by atoms with E-state index in [0.717, 1.165) is 29.9 Å². The number of aromatic nitrogens is 4. The normalized spacial score (nSPS) is 24.4. The van der Waals surface area contributed by atoms with Crippen LogP contribution in [0.1, 0.15) is 13.3 Å². The van der Waals surface area contributed by atoms with E-state index in [4.69, 9.17) is 0 Å². The van der Waals surface area contributed by atoms with Gasteiger partial charge in [-0.3, -0.25) is 10.00 Å². The van der Waals surface area contributed by atoms with E-state index < -0.39 is 0 Å². The average Bonchev–Trinajstić information content (AvgIpc) is 3.24. The molecule has 0 aliphatic carbocycles. The number of likely N-dealkylation sites (N-methyl/N-ethyl adjacent to an activating group) is 1. The molecule has 0 aromatic carbocycles. The van der Waals surface area contributed by atoms with Crippen LogP contribution < -0.4 is 4.90 Å². The first-order chi connectivity index (χ1) is 10.8. The highest BCUT2D eigenvalue weighted by atomic mass is 15.3. The summed E-state index contributed by atoms with van der Waals surface area (Å²) >= 11 is 0. The van der Waals surface area contributed by atoms with Crippen molar-refractivity contribution in [3.8, 4) is 0 Å². The van der Waals surface area contributed by atoms with Gasteiger partial charge in [-0.15, -0.1) is 0 Å². The third-order valence-corrected chi connectivity index (χ3v) is 5.06. The monoisotopic (exact) mass is 301 g/mol. The van der Waals surface area contributed by atoms with Gasteiger partial charge in [-0.25, -0.2) is 9.97 Å². The van der Waals surface area contributed by atoms with E-state index in [-0.39, 0.29) is 0 Å². The minimum atomic E-state index is 0.649. The van der Waals surface area contributed by atoms with Crippen molar-refractivity contribution < 1.29 is 0 Å². The Morgan fingerprint density at radius 3 is 2.86 bits per heavy atom. The number of piperazine rings is 1. The van der Waals surface area contributed by atoms with Gasteiger partial charge in [0.1, 0.15) is 12.1 Å². The minimum absolute atomic E-state index is 0.649. The van der Waals surface area contributed by atoms with Crippen molar-refractivity contribution in [2.45, 2.75) is 19.4 Å². The third-order valence-electron chi connectivity index (χ3n) is 5.06. The highest BCUT2D eigenvalue weighted by Crippen LogP contribution is 2.26. The first-order valence-corrected chi connectivity index (χ1v) is 8.20. The van der Waals surface area contributed by atoms with E-state index >= 15 is 0 Å². The zero-order valence-electron chi connectivity index (χ0n) is 13.1. The molecule has 1 N–H and O–H groups in total. The number of H-pyrrole nitrogens is 1. The molecule has 4 heterocycles. The lowest BCUT2D eigenvalue weighted by molar-refractivity contribution is 0.107. The molecule has 2 aliphatic rings. The summed E-state index contributed by atoms with van der Waals surface area (Å²) < 4.78 is 0. The predicted molar refractivity (Wildman–Crippen MR) is 86.0 cm³/mol. The Hall–Kier alpha value is -1.73. The van der Waals surface area contributed by atoms with E-state index in [0.29, 0.717) is 6.04 Å². The molecule has 2 saturated heterocycles. The maximum Gasteiger partial charge on any atom is 0.160 e. The fraction of sp³-hybridized carbons (Fsp3) is 0.667. The Morgan fingerprint density at radius 1 is 1.18 bits per heavy atom. The van der Waals surface area contributed by atoms with Gasteiger partial charge in [0.05, 0.1) is 11.6 Å². The van der Waals surface area contributed by atoms with Gasteiger partial charge in [-0.1, -0.05) is 6.92 Å². The molecule has 1 unspecified atom stereocenters. The molecule has 7 heteroatoms. The van der Waals surface area contributed by atoms with Crippen LogP contribution in [0.5, 0.6) is 0 Å². The SMILES string of the molecule is CCN1CCN(C2CCN(c3ncnc4[nH]ncc34)C2)CC1. The first-order valence-electron chi connectivity index (χ1n) is 8.20. The second-order valence-corrected chi connectivity index (χ2v) is 6.19. The molecule has 0 radical (unpaired) electrons. The Balaban J connectivity index is 1.45. The molecule has 2 aromatic rings. The van der Waals surface area contributed by atoms with Crippen molar-refractivity contribution in [2.24, 2.45) is 0 Å². The predicted octanol–water partition coefficient (Wildman–Crippen LogP) is 0.569. The average molecular weight is 301 g/mol. The van der Waals surface area contributed by atoms with E-state index in [1.165, 1.54) is 39.1 Å². The molecule has 22 heavy (non-hydrogen) atoms. The number of rotatable bonds is 3. The maximum absolute atomic E-state index is 4.49. The van der Waals surface area contributed by atoms with E-state index in [2.05, 4.69) is 41.8 Å². The Labute approximate surface area is 130 Å². The zero-order valence-corrected chi connectivity index (χ0v) is 13.1. The fourth-order valence-corrected chi connectivity index (χ4v) is 3.68. The van der Waals surface area contributed by atoms with Crippen LogP contribution in [0.15, 0.2) is 12.5 Å². The Morgan fingerprint density at radius 2 is 2.05 bits per heavy atom. The summed E-state index contributed by atoms with van der Waals surface area (Å²) in [4.78, 5) is 16.3. The van der Waals surface area contributed by atoms with Crippen molar-refractivity contribution in [1.29, 1.82) is 0 Å². The molecule has 2 aliphatic heterocycles. The van der Waals surface area contributed by atoms with Crippen molar-refractivity contribution >= 4 is 16.9 Å². The van der Waals surface area contributed by atoms with Gasteiger partial charge < -0.3 is 9.80 Å². The standard InChI is InChI=1S/C15H23N7/c1-2-20-5-7-21(8-6-20)12-3-4-22(10-12)15-13-9-18-19-14(13)16-11-17-15/h9,11-12H,2-8,10H2,1H3,(H,16,17,18,19). The number of fused-ring (bicyclic) bond motifs is 1. The van der Waals surface area contributed by atoms with Gasteiger partial charge in [0, 0.05) is 45.3 Å². The van der Waals surface area contributed by atoms with Crippen LogP contribution in [0.3, 0.4) is 0 Å². The number of nitrogens with zero attached hydrogens (tertiary/aromatic N) is 6. The van der Waals surface area contributed by atoms with Crippen LogP contribution in [-0.2, 0) is 0 Å². The Bertz CT molecular complexity index is 632. The summed E-state index contributed by atoms with van der Waals surface area (Å²) in [6.45, 7) is 10.3. The van der Waals surface area contributed by atoms with E-state index in [9.17, 15) is 0 Å². The lowest BCUT2D eigenvalue weighted by Gasteiger charge is -2.37. The molecule has 0 bridgehead atoms. The van der Waals surface area contributed by atoms with Gasteiger partial charge in [-0.2, -0.15) is 5.10 Å². The Kier molecular flexibility index (Phi) is 3.67. The summed E-state index contributed by atoms with van der Waals surface area (Å²) in [6.07, 6.45) is 4.68. The highest BCUT2D eigenvalue weighted by Gasteiger charge is 2.31. The van der Waals surface area contributed by atoms with E-state index in [1.54, 1.807) is 6.33 Å². The molecule has 0 amide bonds. The number of hydrogen-bond donors (Lipinski definition) is 1. The minimum Gasteiger partial charge on any atom is -0.354 e. The lowest BCUT2D eigenvalue weighted by Crippen LogP contribution is -2.50. The zero-order chi connectivity index (χ0) is 14.9. The van der Waals surface area contributed by atoms with Gasteiger partial charge in [0.15, 0.2) is 5.65 Å². The van der Waals surface area contributed by atoms with Crippen molar-refractivity contribution in [3.63, 3.8) is 0 Å². The fourth-order valence-electron chi connectivity index (χ4n) is 3.68. The summed E-state index contributed by atoms with van der Waals surface area (Å²) in [5.41, 5.74) is 0.824. The summed E-state index contributed by atoms with van der Waals surface area (Å²) in [7, 11) is 0. The van der Waals surface area contributed by atoms with Crippen molar-refractivity contribution in [3.05, 3.63) is 12.5 Å². The van der Waals surface area contributed by atoms with E-state index in [1.807, 2.05) is 6.20 Å². The molecule has 118 valence electrons. The van der Waals surface area contributed by atoms with Crippen LogP contribution in [0.4, 0.5) is 5.82 Å². The number of nitrogens with one attached hydrogen (secondary N) is 1. The number of hydrogen-bond acceptors (Lipinski definition) is 6. The number of anilines is 1. The summed E-state index contributed by atoms with van der Waals surface area (Å²) in [5.74, 6) is 1.02. The number of aromatic amines is 1. The second kappa shape index (κ2) is 5.81. The van der Waals surface area contributed by atoms with Crippen LogP contribution in [0.2, 0.25) is 0 Å². The van der Waals surface area contributed by atoms with Crippen molar-refractivity contribution in [2.75, 3.05) is 50.7 Å². The second-order valence-electron chi connectivity index (χ2n) is 6.19. The molecule has 2 aromatic heterocycles. The molecule has 0 saturated carbocycles. The highest BCUT2D eigenvalue weighted by molar-refractivity contribution is 5.86. The van der Waals surface area contributed by atoms with Crippen LogP contribution in [0.25, 0.3) is 11.0 Å². The first kappa shape index (κ1) is 13.9. The van der Waals surface area contributed by atoms with Gasteiger partial charge >= 0.3 is 0 Å². The molecule has 7 nitrogen and oxygen atoms in total. The molecular weight excluding hydrogens is 278 g/mol. The van der Waals surface area contributed by atoms with Crippen LogP contribution >= 0.6 is 0 Å². The smallest absolute Gasteiger partial charge is 0.160 e. The largest absolute Gasteiger partial charge is 0.354 e. The lowest BCUT2D eigenvalue weighted by atomic mass is 10.2. The summed E-state index contributed by atoms with van der Waals surface area (Å²) in [6, 6.07) is 0.649. The van der Waals surface area contributed by atoms with Crippen LogP contribution in [0, 0.1) is 0 Å². The topological polar surface area (TPSA) is 64.2 Å².